The Morgan fingerprint density at radius 3 is 2.63 bits per heavy atom. The van der Waals surface area contributed by atoms with Gasteiger partial charge in [-0.15, -0.1) is 0 Å². The maximum absolute atomic E-state index is 14.2. The Morgan fingerprint density at radius 1 is 1.15 bits per heavy atom. The summed E-state index contributed by atoms with van der Waals surface area (Å²) in [5.74, 6) is -1.40. The number of likely N-dealkylation sites (N-methyl/N-ethyl adjacent to an activating group) is 1. The Hall–Kier alpha value is -4.36. The molecule has 4 aliphatic rings. The molecule has 3 aromatic rings. The first-order valence-corrected chi connectivity index (χ1v) is 19.5. The summed E-state index contributed by atoms with van der Waals surface area (Å²) in [4.78, 5) is 49.0. The predicted octanol–water partition coefficient (Wildman–Crippen LogP) is 3.66. The van der Waals surface area contributed by atoms with Crippen molar-refractivity contribution in [2.75, 3.05) is 40.5 Å². The van der Waals surface area contributed by atoms with Crippen molar-refractivity contribution in [2.45, 2.75) is 74.1 Å². The van der Waals surface area contributed by atoms with E-state index in [1.165, 1.54) is 23.0 Å². The van der Waals surface area contributed by atoms with Gasteiger partial charge in [0, 0.05) is 50.2 Å². The first-order valence-electron chi connectivity index (χ1n) is 17.6. The van der Waals surface area contributed by atoms with E-state index in [0.29, 0.717) is 44.2 Å². The molecule has 292 valence electrons. The van der Waals surface area contributed by atoms with Crippen LogP contribution in [-0.4, -0.2) is 114 Å². The number of amides is 4. The molecule has 2 N–H and O–H groups in total. The molecule has 2 saturated carbocycles. The number of carbonyl (C=O) groups excluding carboxylic acids is 3. The fourth-order valence-electron chi connectivity index (χ4n) is 6.98. The number of hydrogen-bond acceptors (Lipinski definition) is 10. The molecular weight excluding hydrogens is 759 g/mol. The molecule has 4 amide bonds. The summed E-state index contributed by atoms with van der Waals surface area (Å²) in [6.45, 7) is 0.795. The number of nitrogens with one attached hydrogen (secondary N) is 2. The monoisotopic (exact) mass is 797 g/mol. The van der Waals surface area contributed by atoms with Crippen LogP contribution in [-0.2, 0) is 30.5 Å². The summed E-state index contributed by atoms with van der Waals surface area (Å²) < 4.78 is 86.6. The number of benzene rings is 1. The van der Waals surface area contributed by atoms with Gasteiger partial charge in [-0.25, -0.2) is 22.9 Å². The summed E-state index contributed by atoms with van der Waals surface area (Å²) in [6, 6.07) is 3.57. The highest BCUT2D eigenvalue weighted by atomic mass is 35.5. The minimum absolute atomic E-state index is 0.0153. The maximum atomic E-state index is 14.2. The van der Waals surface area contributed by atoms with E-state index in [1.54, 1.807) is 19.2 Å². The van der Waals surface area contributed by atoms with Crippen LogP contribution < -0.4 is 19.5 Å². The molecule has 0 radical (unpaired) electrons. The van der Waals surface area contributed by atoms with Crippen LogP contribution in [0.25, 0.3) is 16.7 Å². The smallest absolute Gasteiger partial charge is 0.435 e. The average molecular weight is 798 g/mol. The number of fused-ring (bicyclic) bond motifs is 3. The van der Waals surface area contributed by atoms with Crippen LogP contribution in [0.15, 0.2) is 30.5 Å². The molecule has 2 saturated heterocycles. The van der Waals surface area contributed by atoms with Gasteiger partial charge < -0.3 is 29.3 Å². The highest BCUT2D eigenvalue weighted by Gasteiger charge is 2.63. The molecule has 0 spiro atoms. The van der Waals surface area contributed by atoms with Crippen molar-refractivity contribution in [3.8, 4) is 17.3 Å². The number of urea groups is 1. The van der Waals surface area contributed by atoms with Crippen LogP contribution in [0.4, 0.5) is 18.0 Å². The van der Waals surface area contributed by atoms with Gasteiger partial charge in [-0.3, -0.25) is 14.3 Å². The van der Waals surface area contributed by atoms with E-state index >= 15 is 0 Å². The number of nitrogens with zero attached hydrogens (tertiary/aromatic N) is 5. The fourth-order valence-corrected chi connectivity index (χ4v) is 8.62. The summed E-state index contributed by atoms with van der Waals surface area (Å²) >= 11 is 6.62. The quantitative estimate of drug-likeness (QED) is 0.359. The third-order valence-corrected chi connectivity index (χ3v) is 12.5. The minimum atomic E-state index is -4.71. The van der Waals surface area contributed by atoms with Crippen molar-refractivity contribution in [3.63, 3.8) is 0 Å². The highest BCUT2D eigenvalue weighted by molar-refractivity contribution is 7.91. The van der Waals surface area contributed by atoms with Crippen molar-refractivity contribution < 1.29 is 50.2 Å². The Balaban J connectivity index is 1.21. The number of aromatic nitrogens is 3. The predicted molar refractivity (Wildman–Crippen MR) is 187 cm³/mol. The number of methoxy groups -OCH3 is 1. The van der Waals surface area contributed by atoms with E-state index in [1.807, 2.05) is 0 Å². The van der Waals surface area contributed by atoms with Crippen molar-refractivity contribution in [2.24, 2.45) is 5.92 Å². The zero-order valence-electron chi connectivity index (χ0n) is 29.4. The summed E-state index contributed by atoms with van der Waals surface area (Å²) in [7, 11) is -0.906. The second-order valence-corrected chi connectivity index (χ2v) is 16.5. The van der Waals surface area contributed by atoms with Gasteiger partial charge in [0.15, 0.2) is 11.5 Å². The number of pyridine rings is 1. The van der Waals surface area contributed by atoms with Crippen LogP contribution in [0.2, 0.25) is 5.02 Å². The van der Waals surface area contributed by atoms with E-state index in [4.69, 9.17) is 25.8 Å². The first-order chi connectivity index (χ1) is 25.6. The summed E-state index contributed by atoms with van der Waals surface area (Å²) in [6.07, 6.45) is -1.28. The average Bonchev–Trinajstić information content (AvgIpc) is 3.99. The molecule has 54 heavy (non-hydrogen) atoms. The number of alkyl halides is 3. The standard InChI is InChI=1S/C34H39ClF3N7O8S/c1-43-11-4-3-5-13-52-18-19-16-33(19,31(47)42-54(49,50)21-6-7-21)40-32(48)44-17-20(14-23(44)30(43)46)53-25-15-27(45-12-10-26(41-45)34(36,37)38)39-29-22(25)8-9-24(51-2)28(29)35/h8-10,12,15,19-21,23H,3-7,11,13-14,16-18H2,1-2H3,(H,40,48)(H,42,47)/t19-,20-,23-,33+/m0/s1. The summed E-state index contributed by atoms with van der Waals surface area (Å²) in [5.41, 5.74) is -2.58. The Labute approximate surface area is 313 Å². The number of halogens is 4. The van der Waals surface area contributed by atoms with E-state index in [2.05, 4.69) is 20.1 Å². The molecular formula is C34H39ClF3N7O8S. The molecule has 7 rings (SSSR count). The van der Waals surface area contributed by atoms with Gasteiger partial charge in [-0.05, 0) is 56.7 Å². The normalized spacial score (nSPS) is 25.6. The van der Waals surface area contributed by atoms with Gasteiger partial charge in [-0.1, -0.05) is 11.6 Å². The molecule has 0 unspecified atom stereocenters. The van der Waals surface area contributed by atoms with Crippen molar-refractivity contribution in [1.82, 2.24) is 34.6 Å². The van der Waals surface area contributed by atoms with E-state index in [0.717, 1.165) is 23.4 Å². The molecule has 2 aliphatic heterocycles. The van der Waals surface area contributed by atoms with Gasteiger partial charge in [0.25, 0.3) is 5.91 Å². The molecule has 15 nitrogen and oxygen atoms in total. The number of sulfonamides is 1. The van der Waals surface area contributed by atoms with Gasteiger partial charge in [0.1, 0.15) is 34.2 Å². The third kappa shape index (κ3) is 7.49. The molecule has 4 fully saturated rings. The van der Waals surface area contributed by atoms with Crippen LogP contribution in [0, 0.1) is 5.92 Å². The second kappa shape index (κ2) is 14.4. The van der Waals surface area contributed by atoms with E-state index in [-0.39, 0.29) is 59.8 Å². The number of carbonyl (C=O) groups is 3. The van der Waals surface area contributed by atoms with Crippen molar-refractivity contribution in [1.29, 1.82) is 0 Å². The lowest BCUT2D eigenvalue weighted by Gasteiger charge is -2.29. The molecule has 0 bridgehead atoms. The molecule has 2 aromatic heterocycles. The Morgan fingerprint density at radius 2 is 1.93 bits per heavy atom. The van der Waals surface area contributed by atoms with Crippen LogP contribution in [0.1, 0.15) is 50.6 Å². The summed E-state index contributed by atoms with van der Waals surface area (Å²) in [5, 5.41) is 6.17. The number of ether oxygens (including phenoxy) is 3. The zero-order valence-corrected chi connectivity index (χ0v) is 31.0. The highest BCUT2D eigenvalue weighted by Crippen LogP contribution is 2.45. The Bertz CT molecular complexity index is 2080. The third-order valence-electron chi connectivity index (χ3n) is 10.3. The minimum Gasteiger partial charge on any atom is -0.495 e. The van der Waals surface area contributed by atoms with Crippen LogP contribution >= 0.6 is 11.6 Å². The number of hydrogen-bond donors (Lipinski definition) is 2. The molecule has 1 aromatic carbocycles. The largest absolute Gasteiger partial charge is 0.495 e. The van der Waals surface area contributed by atoms with Gasteiger partial charge in [-0.2, -0.15) is 18.3 Å². The Kier molecular flexibility index (Phi) is 10.1. The van der Waals surface area contributed by atoms with Crippen LogP contribution in [0.3, 0.4) is 0 Å². The first kappa shape index (κ1) is 37.9. The lowest BCUT2D eigenvalue weighted by molar-refractivity contribution is -0.141. The fraction of sp³-hybridized carbons (Fsp3) is 0.559. The lowest BCUT2D eigenvalue weighted by Crippen LogP contribution is -2.58. The topological polar surface area (TPSA) is 174 Å². The lowest BCUT2D eigenvalue weighted by atomic mass is 10.1. The van der Waals surface area contributed by atoms with Crippen molar-refractivity contribution in [3.05, 3.63) is 41.2 Å². The van der Waals surface area contributed by atoms with Gasteiger partial charge in [0.05, 0.1) is 31.0 Å². The number of rotatable bonds is 7. The molecule has 4 heterocycles. The van der Waals surface area contributed by atoms with Gasteiger partial charge in [0.2, 0.25) is 15.9 Å². The molecule has 2 aliphatic carbocycles. The second-order valence-electron chi connectivity index (χ2n) is 14.1. The maximum Gasteiger partial charge on any atom is 0.435 e. The SMILES string of the molecule is COc1ccc2c(O[C@H]3C[C@H]4C(=O)N(C)CCCCCOC[C@@H]5C[C@@]5(C(=O)NS(=O)(=O)C5CC5)NC(=O)N4C3)cc(-n3ccc(C(F)(F)F)n3)nc2c1Cl. The van der Waals surface area contributed by atoms with Gasteiger partial charge >= 0.3 is 12.2 Å². The molecule has 4 atom stereocenters. The van der Waals surface area contributed by atoms with Crippen LogP contribution in [0.5, 0.6) is 11.5 Å². The zero-order chi connectivity index (χ0) is 38.6. The van der Waals surface area contributed by atoms with Crippen molar-refractivity contribution >= 4 is 50.4 Å². The van der Waals surface area contributed by atoms with E-state index < -0.39 is 62.7 Å². The van der Waals surface area contributed by atoms with E-state index in [9.17, 15) is 36.0 Å². The molecule has 20 heteroatoms.